The van der Waals surface area contributed by atoms with Crippen LogP contribution in [-0.4, -0.2) is 16.8 Å². The molecular weight excluding hydrogens is 349 g/mol. The molecule has 2 aromatic carbocycles. The van der Waals surface area contributed by atoms with E-state index in [1.54, 1.807) is 25.1 Å². The minimum Gasteiger partial charge on any atom is -0.478 e. The van der Waals surface area contributed by atoms with Crippen LogP contribution in [0.5, 0.6) is 0 Å². The lowest BCUT2D eigenvalue weighted by Crippen LogP contribution is -2.22. The number of carbonyl (C=O) groups is 1. The lowest BCUT2D eigenvalue weighted by Gasteiger charge is -2.22. The van der Waals surface area contributed by atoms with Crippen LogP contribution >= 0.6 is 23.2 Å². The van der Waals surface area contributed by atoms with E-state index >= 15 is 0 Å². The van der Waals surface area contributed by atoms with E-state index < -0.39 is 11.6 Å². The van der Waals surface area contributed by atoms with Crippen molar-refractivity contribution in [1.29, 1.82) is 0 Å². The Morgan fingerprint density at radius 3 is 2.46 bits per heavy atom. The average Bonchev–Trinajstić information content (AvgIpc) is 2.90. The predicted molar refractivity (Wildman–Crippen MR) is 94.2 cm³/mol. The van der Waals surface area contributed by atoms with Gasteiger partial charge in [0.1, 0.15) is 0 Å². The fraction of sp³-hybridized carbons (Fsp3) is 0.222. The Labute approximate surface area is 149 Å². The van der Waals surface area contributed by atoms with Crippen LogP contribution in [-0.2, 0) is 10.4 Å². The van der Waals surface area contributed by atoms with Gasteiger partial charge in [0.25, 0.3) is 0 Å². The molecular formula is C18H15Cl2NO3. The van der Waals surface area contributed by atoms with E-state index in [1.165, 1.54) is 0 Å². The summed E-state index contributed by atoms with van der Waals surface area (Å²) in [7, 11) is 0. The molecule has 0 radical (unpaired) electrons. The van der Waals surface area contributed by atoms with Crippen molar-refractivity contribution in [3.05, 3.63) is 68.7 Å². The van der Waals surface area contributed by atoms with E-state index in [1.807, 2.05) is 25.1 Å². The van der Waals surface area contributed by atoms with Crippen LogP contribution in [0.3, 0.4) is 0 Å². The third kappa shape index (κ3) is 3.12. The highest BCUT2D eigenvalue weighted by atomic mass is 35.5. The molecule has 1 aliphatic rings. The summed E-state index contributed by atoms with van der Waals surface area (Å²) in [5.41, 5.74) is 2.74. The van der Waals surface area contributed by atoms with Gasteiger partial charge in [-0.25, -0.2) is 4.79 Å². The summed E-state index contributed by atoms with van der Waals surface area (Å²) >= 11 is 12.2. The number of rotatable bonds is 3. The summed E-state index contributed by atoms with van der Waals surface area (Å²) < 4.78 is 0. The van der Waals surface area contributed by atoms with Gasteiger partial charge in [0.05, 0.1) is 11.3 Å². The molecule has 0 fully saturated rings. The smallest absolute Gasteiger partial charge is 0.335 e. The Balaban J connectivity index is 1.89. The fourth-order valence-electron chi connectivity index (χ4n) is 2.79. The molecule has 1 heterocycles. The lowest BCUT2D eigenvalue weighted by molar-refractivity contribution is -0.00737. The number of halogens is 2. The fourth-order valence-corrected chi connectivity index (χ4v) is 3.32. The molecule has 1 aliphatic heterocycles. The quantitative estimate of drug-likeness (QED) is 0.830. The molecule has 0 amide bonds. The zero-order chi connectivity index (χ0) is 17.5. The van der Waals surface area contributed by atoms with Crippen molar-refractivity contribution in [2.75, 3.05) is 0 Å². The number of carboxylic acid groups (broad SMARTS) is 1. The van der Waals surface area contributed by atoms with Gasteiger partial charge in [0.15, 0.2) is 5.60 Å². The van der Waals surface area contributed by atoms with E-state index in [9.17, 15) is 4.79 Å². The summed E-state index contributed by atoms with van der Waals surface area (Å²) in [5.74, 6) is -0.943. The number of carboxylic acids is 1. The molecule has 0 saturated carbocycles. The van der Waals surface area contributed by atoms with Gasteiger partial charge >= 0.3 is 5.97 Å². The number of hydrogen-bond acceptors (Lipinski definition) is 3. The minimum absolute atomic E-state index is 0.280. The molecule has 124 valence electrons. The topological polar surface area (TPSA) is 58.9 Å². The van der Waals surface area contributed by atoms with Crippen LogP contribution in [0.1, 0.15) is 40.4 Å². The second-order valence-corrected chi connectivity index (χ2v) is 6.90. The SMILES string of the molecule is Cc1cc(C2=NOC(C)(c3cc(Cl)cc(Cl)c3)C2)ccc1C(=O)O. The summed E-state index contributed by atoms with van der Waals surface area (Å²) in [6, 6.07) is 10.4. The molecule has 1 atom stereocenters. The molecule has 4 nitrogen and oxygen atoms in total. The van der Waals surface area contributed by atoms with Gasteiger partial charge in [-0.05, 0) is 55.3 Å². The third-order valence-electron chi connectivity index (χ3n) is 4.13. The molecule has 6 heteroatoms. The molecule has 0 aliphatic carbocycles. The first-order valence-corrected chi connectivity index (χ1v) is 8.10. The van der Waals surface area contributed by atoms with Gasteiger partial charge in [-0.2, -0.15) is 0 Å². The van der Waals surface area contributed by atoms with Gasteiger partial charge in [-0.1, -0.05) is 34.4 Å². The molecule has 24 heavy (non-hydrogen) atoms. The predicted octanol–water partition coefficient (Wildman–Crippen LogP) is 5.04. The molecule has 0 saturated heterocycles. The van der Waals surface area contributed by atoms with Gasteiger partial charge in [-0.15, -0.1) is 0 Å². The van der Waals surface area contributed by atoms with Crippen LogP contribution in [0.2, 0.25) is 10.0 Å². The normalized spacial score (nSPS) is 19.8. The zero-order valence-corrected chi connectivity index (χ0v) is 14.6. The van der Waals surface area contributed by atoms with E-state index in [2.05, 4.69) is 5.16 Å². The van der Waals surface area contributed by atoms with Crippen LogP contribution in [0.4, 0.5) is 0 Å². The van der Waals surface area contributed by atoms with Crippen molar-refractivity contribution in [3.63, 3.8) is 0 Å². The number of oxime groups is 1. The Kier molecular flexibility index (Phi) is 4.28. The van der Waals surface area contributed by atoms with Crippen LogP contribution in [0, 0.1) is 6.92 Å². The maximum absolute atomic E-state index is 11.1. The van der Waals surface area contributed by atoms with Crippen molar-refractivity contribution in [1.82, 2.24) is 0 Å². The van der Waals surface area contributed by atoms with E-state index in [0.29, 0.717) is 22.0 Å². The van der Waals surface area contributed by atoms with Gasteiger partial charge < -0.3 is 9.94 Å². The summed E-state index contributed by atoms with van der Waals surface area (Å²) in [6.45, 7) is 3.68. The first-order chi connectivity index (χ1) is 11.3. The van der Waals surface area contributed by atoms with Crippen LogP contribution in [0.25, 0.3) is 0 Å². The third-order valence-corrected chi connectivity index (χ3v) is 4.56. The van der Waals surface area contributed by atoms with Crippen molar-refractivity contribution in [2.24, 2.45) is 5.16 Å². The Hall–Kier alpha value is -2.04. The first-order valence-electron chi connectivity index (χ1n) is 7.34. The Morgan fingerprint density at radius 1 is 1.21 bits per heavy atom. The average molecular weight is 364 g/mol. The Bertz CT molecular complexity index is 843. The van der Waals surface area contributed by atoms with E-state index in [-0.39, 0.29) is 5.56 Å². The van der Waals surface area contributed by atoms with Gasteiger partial charge in [0, 0.05) is 22.0 Å². The number of benzene rings is 2. The minimum atomic E-state index is -0.943. The van der Waals surface area contributed by atoms with Crippen molar-refractivity contribution in [3.8, 4) is 0 Å². The first kappa shape index (κ1) is 16.8. The second-order valence-electron chi connectivity index (χ2n) is 6.03. The number of hydrogen-bond donors (Lipinski definition) is 1. The molecule has 1 unspecified atom stereocenters. The summed E-state index contributed by atoms with van der Waals surface area (Å²) in [4.78, 5) is 16.8. The number of aryl methyl sites for hydroxylation is 1. The highest BCUT2D eigenvalue weighted by Crippen LogP contribution is 2.38. The van der Waals surface area contributed by atoms with Crippen molar-refractivity contribution < 1.29 is 14.7 Å². The number of nitrogens with zero attached hydrogens (tertiary/aromatic N) is 1. The Morgan fingerprint density at radius 2 is 1.88 bits per heavy atom. The molecule has 0 bridgehead atoms. The highest BCUT2D eigenvalue weighted by Gasteiger charge is 2.37. The lowest BCUT2D eigenvalue weighted by atomic mass is 9.88. The number of aromatic carboxylic acids is 1. The van der Waals surface area contributed by atoms with Crippen LogP contribution in [0.15, 0.2) is 41.6 Å². The maximum atomic E-state index is 11.1. The van der Waals surface area contributed by atoms with E-state index in [4.69, 9.17) is 33.1 Å². The van der Waals surface area contributed by atoms with Crippen molar-refractivity contribution >= 4 is 34.9 Å². The monoisotopic (exact) mass is 363 g/mol. The molecule has 0 aromatic heterocycles. The largest absolute Gasteiger partial charge is 0.478 e. The molecule has 0 spiro atoms. The van der Waals surface area contributed by atoms with Gasteiger partial charge in [0.2, 0.25) is 0 Å². The highest BCUT2D eigenvalue weighted by molar-refractivity contribution is 6.34. The molecule has 2 aromatic rings. The zero-order valence-electron chi connectivity index (χ0n) is 13.1. The van der Waals surface area contributed by atoms with E-state index in [0.717, 1.165) is 16.8 Å². The molecule has 3 rings (SSSR count). The second kappa shape index (κ2) is 6.11. The molecule has 1 N–H and O–H groups in total. The summed E-state index contributed by atoms with van der Waals surface area (Å²) in [6.07, 6.45) is 0.537. The van der Waals surface area contributed by atoms with Gasteiger partial charge in [-0.3, -0.25) is 0 Å². The summed E-state index contributed by atoms with van der Waals surface area (Å²) in [5, 5.41) is 14.4. The van der Waals surface area contributed by atoms with Crippen LogP contribution < -0.4 is 0 Å². The maximum Gasteiger partial charge on any atom is 0.335 e. The van der Waals surface area contributed by atoms with Crippen molar-refractivity contribution in [2.45, 2.75) is 25.9 Å². The standard InChI is InChI=1S/C18H15Cl2NO3/c1-10-5-11(3-4-15(10)17(22)23)16-9-18(2,24-21-16)12-6-13(19)8-14(20)7-12/h3-8H,9H2,1-2H3,(H,22,23).